The number of nitrogens with zero attached hydrogens (tertiary/aromatic N) is 4. The number of hydrogen-bond acceptors (Lipinski definition) is 4. The van der Waals surface area contributed by atoms with Crippen molar-refractivity contribution in [2.75, 3.05) is 19.6 Å². The topological polar surface area (TPSA) is 66.4 Å². The maximum Gasteiger partial charge on any atom is 0.274 e. The lowest BCUT2D eigenvalue weighted by molar-refractivity contribution is -0.132. The van der Waals surface area contributed by atoms with Crippen LogP contribution in [0.4, 0.5) is 0 Å². The number of carbonyl (C=O) groups excluding carboxylic acids is 2. The summed E-state index contributed by atoms with van der Waals surface area (Å²) in [5, 5.41) is 0. The number of aromatic nitrogens is 2. The third kappa shape index (κ3) is 5.88. The Kier molecular flexibility index (Phi) is 7.94. The molecule has 1 fully saturated rings. The van der Waals surface area contributed by atoms with Crippen LogP contribution in [0, 0.1) is 5.92 Å². The molecule has 0 N–H and O–H groups in total. The number of likely N-dealkylation sites (tertiary alicyclic amines) is 1. The van der Waals surface area contributed by atoms with Crippen LogP contribution < -0.4 is 0 Å². The Hall–Kier alpha value is -2.76. The highest BCUT2D eigenvalue weighted by molar-refractivity contribution is 5.92. The van der Waals surface area contributed by atoms with Gasteiger partial charge in [0, 0.05) is 44.5 Å². The Morgan fingerprint density at radius 1 is 1.17 bits per heavy atom. The Morgan fingerprint density at radius 3 is 2.53 bits per heavy atom. The van der Waals surface area contributed by atoms with Crippen LogP contribution in [0.3, 0.4) is 0 Å². The van der Waals surface area contributed by atoms with Crippen LogP contribution in [0.2, 0.25) is 0 Å². The predicted octanol–water partition coefficient (Wildman–Crippen LogP) is 3.59. The number of carbonyl (C=O) groups is 2. The van der Waals surface area contributed by atoms with Crippen molar-refractivity contribution in [3.8, 4) is 0 Å². The maximum atomic E-state index is 12.8. The molecule has 2 amide bonds. The number of benzene rings is 1. The SMILES string of the molecule is CCC(C)N(CCC(=O)N1CCC(Cc2ccccc2)CC1)C(=O)c1cnccn1. The summed E-state index contributed by atoms with van der Waals surface area (Å²) in [6.07, 6.45) is 8.88. The monoisotopic (exact) mass is 408 g/mol. The highest BCUT2D eigenvalue weighted by Gasteiger charge is 2.26. The van der Waals surface area contributed by atoms with Gasteiger partial charge in [0.2, 0.25) is 5.91 Å². The molecular weight excluding hydrogens is 376 g/mol. The first-order valence-corrected chi connectivity index (χ1v) is 11.0. The zero-order chi connectivity index (χ0) is 21.3. The second-order valence-corrected chi connectivity index (χ2v) is 8.11. The standard InChI is InChI=1S/C24H32N4O2/c1-3-19(2)28(24(30)22-18-25-12-13-26-22)16-11-23(29)27-14-9-21(10-15-27)17-20-7-5-4-6-8-20/h4-8,12-13,18-19,21H,3,9-11,14-17H2,1-2H3. The average Bonchev–Trinajstić information content (AvgIpc) is 2.80. The van der Waals surface area contributed by atoms with E-state index in [0.717, 1.165) is 38.8 Å². The van der Waals surface area contributed by atoms with Crippen LogP contribution in [0.5, 0.6) is 0 Å². The van der Waals surface area contributed by atoms with E-state index in [0.29, 0.717) is 24.6 Å². The molecule has 3 rings (SSSR count). The summed E-state index contributed by atoms with van der Waals surface area (Å²) in [5.74, 6) is 0.603. The van der Waals surface area contributed by atoms with Gasteiger partial charge in [-0.3, -0.25) is 14.6 Å². The summed E-state index contributed by atoms with van der Waals surface area (Å²) >= 11 is 0. The number of amides is 2. The highest BCUT2D eigenvalue weighted by Crippen LogP contribution is 2.22. The summed E-state index contributed by atoms with van der Waals surface area (Å²) in [6, 6.07) is 10.6. The molecule has 30 heavy (non-hydrogen) atoms. The normalized spacial score (nSPS) is 15.6. The molecule has 2 heterocycles. The average molecular weight is 409 g/mol. The molecule has 1 aromatic heterocycles. The number of piperidine rings is 1. The van der Waals surface area contributed by atoms with E-state index in [2.05, 4.69) is 34.2 Å². The van der Waals surface area contributed by atoms with E-state index in [1.807, 2.05) is 24.8 Å². The molecule has 1 aliphatic heterocycles. The Morgan fingerprint density at radius 2 is 1.90 bits per heavy atom. The molecule has 0 radical (unpaired) electrons. The minimum Gasteiger partial charge on any atom is -0.343 e. The van der Waals surface area contributed by atoms with Gasteiger partial charge in [0.05, 0.1) is 6.20 Å². The van der Waals surface area contributed by atoms with Gasteiger partial charge in [-0.15, -0.1) is 0 Å². The molecule has 0 spiro atoms. The molecule has 1 aliphatic rings. The molecular formula is C24H32N4O2. The largest absolute Gasteiger partial charge is 0.343 e. The van der Waals surface area contributed by atoms with Gasteiger partial charge >= 0.3 is 0 Å². The number of hydrogen-bond donors (Lipinski definition) is 0. The van der Waals surface area contributed by atoms with Crippen molar-refractivity contribution >= 4 is 11.8 Å². The third-order valence-electron chi connectivity index (χ3n) is 6.07. The van der Waals surface area contributed by atoms with E-state index in [-0.39, 0.29) is 17.9 Å². The van der Waals surface area contributed by atoms with Crippen molar-refractivity contribution in [2.24, 2.45) is 5.92 Å². The molecule has 1 unspecified atom stereocenters. The minimum absolute atomic E-state index is 0.0453. The molecule has 160 valence electrons. The van der Waals surface area contributed by atoms with Crippen LogP contribution in [-0.2, 0) is 11.2 Å². The first kappa shape index (κ1) is 21.9. The second-order valence-electron chi connectivity index (χ2n) is 8.11. The summed E-state index contributed by atoms with van der Waals surface area (Å²) in [7, 11) is 0. The molecule has 6 heteroatoms. The molecule has 0 aliphatic carbocycles. The molecule has 1 saturated heterocycles. The fourth-order valence-electron chi connectivity index (χ4n) is 4.01. The van der Waals surface area contributed by atoms with Crippen molar-refractivity contribution in [1.82, 2.24) is 19.8 Å². The van der Waals surface area contributed by atoms with E-state index in [1.165, 1.54) is 18.0 Å². The number of rotatable bonds is 8. The van der Waals surface area contributed by atoms with Crippen molar-refractivity contribution in [2.45, 2.75) is 52.0 Å². The van der Waals surface area contributed by atoms with Gasteiger partial charge in [-0.25, -0.2) is 4.98 Å². The zero-order valence-corrected chi connectivity index (χ0v) is 18.0. The van der Waals surface area contributed by atoms with Gasteiger partial charge in [0.25, 0.3) is 5.91 Å². The van der Waals surface area contributed by atoms with Gasteiger partial charge in [0.15, 0.2) is 0 Å². The lowest BCUT2D eigenvalue weighted by atomic mass is 9.90. The minimum atomic E-state index is -0.160. The van der Waals surface area contributed by atoms with Gasteiger partial charge < -0.3 is 9.80 Å². The summed E-state index contributed by atoms with van der Waals surface area (Å²) in [4.78, 5) is 37.5. The predicted molar refractivity (Wildman–Crippen MR) is 117 cm³/mol. The van der Waals surface area contributed by atoms with Crippen LogP contribution in [-0.4, -0.2) is 57.3 Å². The smallest absolute Gasteiger partial charge is 0.274 e. The van der Waals surface area contributed by atoms with Crippen LogP contribution in [0.1, 0.15) is 55.6 Å². The molecule has 2 aromatic rings. The van der Waals surface area contributed by atoms with Crippen LogP contribution in [0.15, 0.2) is 48.9 Å². The quantitative estimate of drug-likeness (QED) is 0.669. The Balaban J connectivity index is 1.50. The third-order valence-corrected chi connectivity index (χ3v) is 6.07. The maximum absolute atomic E-state index is 12.8. The van der Waals surface area contributed by atoms with Crippen LogP contribution in [0.25, 0.3) is 0 Å². The molecule has 1 aromatic carbocycles. The van der Waals surface area contributed by atoms with E-state index in [1.54, 1.807) is 11.1 Å². The van der Waals surface area contributed by atoms with E-state index in [9.17, 15) is 9.59 Å². The van der Waals surface area contributed by atoms with Crippen molar-refractivity contribution in [3.63, 3.8) is 0 Å². The van der Waals surface area contributed by atoms with Gasteiger partial charge in [-0.1, -0.05) is 37.3 Å². The van der Waals surface area contributed by atoms with E-state index in [4.69, 9.17) is 0 Å². The fraction of sp³-hybridized carbons (Fsp3) is 0.500. The van der Waals surface area contributed by atoms with Crippen molar-refractivity contribution in [3.05, 3.63) is 60.2 Å². The highest BCUT2D eigenvalue weighted by atomic mass is 16.2. The van der Waals surface area contributed by atoms with Gasteiger partial charge in [-0.2, -0.15) is 0 Å². The van der Waals surface area contributed by atoms with Crippen LogP contribution >= 0.6 is 0 Å². The molecule has 1 atom stereocenters. The van der Waals surface area contributed by atoms with E-state index >= 15 is 0 Å². The Bertz CT molecular complexity index is 804. The molecule has 0 bridgehead atoms. The van der Waals surface area contributed by atoms with Gasteiger partial charge in [0.1, 0.15) is 5.69 Å². The second kappa shape index (κ2) is 10.9. The molecule has 6 nitrogen and oxygen atoms in total. The summed E-state index contributed by atoms with van der Waals surface area (Å²) in [5.41, 5.74) is 1.70. The van der Waals surface area contributed by atoms with Crippen molar-refractivity contribution < 1.29 is 9.59 Å². The fourth-order valence-corrected chi connectivity index (χ4v) is 4.01. The first-order valence-electron chi connectivity index (χ1n) is 11.0. The zero-order valence-electron chi connectivity index (χ0n) is 18.0. The van der Waals surface area contributed by atoms with Gasteiger partial charge in [-0.05, 0) is 44.1 Å². The Labute approximate surface area is 179 Å². The summed E-state index contributed by atoms with van der Waals surface area (Å²) < 4.78 is 0. The lowest BCUT2D eigenvalue weighted by Gasteiger charge is -2.33. The lowest BCUT2D eigenvalue weighted by Crippen LogP contribution is -2.43. The van der Waals surface area contributed by atoms with Crippen molar-refractivity contribution in [1.29, 1.82) is 0 Å². The van der Waals surface area contributed by atoms with E-state index < -0.39 is 0 Å². The molecule has 0 saturated carbocycles. The summed E-state index contributed by atoms with van der Waals surface area (Å²) in [6.45, 7) is 6.07. The first-order chi connectivity index (χ1) is 14.6.